The normalized spacial score (nSPS) is 22.2. The summed E-state index contributed by atoms with van der Waals surface area (Å²) >= 11 is 0. The van der Waals surface area contributed by atoms with Crippen molar-refractivity contribution in [3.05, 3.63) is 30.2 Å². The maximum atomic E-state index is 9.63. The first kappa shape index (κ1) is 16.0. The van der Waals surface area contributed by atoms with E-state index in [2.05, 4.69) is 22.0 Å². The first-order valence-electron chi connectivity index (χ1n) is 8.03. The van der Waals surface area contributed by atoms with Gasteiger partial charge in [-0.3, -0.25) is 4.90 Å². The van der Waals surface area contributed by atoms with Crippen molar-refractivity contribution >= 4 is 0 Å². The number of likely N-dealkylation sites (tertiary alicyclic amines) is 1. The molecule has 124 valence electrons. The molecule has 2 aromatic rings. The van der Waals surface area contributed by atoms with E-state index in [1.54, 1.807) is 7.11 Å². The molecule has 1 N–H and O–H groups in total. The summed E-state index contributed by atoms with van der Waals surface area (Å²) in [7, 11) is 1.63. The number of nitrogens with zero attached hydrogens (tertiary/aromatic N) is 3. The van der Waals surface area contributed by atoms with Crippen LogP contribution < -0.4 is 4.74 Å². The predicted molar refractivity (Wildman–Crippen MR) is 86.0 cm³/mol. The van der Waals surface area contributed by atoms with Crippen molar-refractivity contribution in [3.63, 3.8) is 0 Å². The summed E-state index contributed by atoms with van der Waals surface area (Å²) in [4.78, 5) is 6.72. The maximum absolute atomic E-state index is 9.63. The SMILES string of the molecule is COc1cccc(-c2noc(CN3CCCC(C)C3CO)n2)c1. The van der Waals surface area contributed by atoms with E-state index in [-0.39, 0.29) is 12.6 Å². The summed E-state index contributed by atoms with van der Waals surface area (Å²) in [5, 5.41) is 13.7. The number of methoxy groups -OCH3 is 1. The van der Waals surface area contributed by atoms with Gasteiger partial charge in [-0.1, -0.05) is 24.2 Å². The van der Waals surface area contributed by atoms with Gasteiger partial charge in [0.25, 0.3) is 0 Å². The number of aromatic nitrogens is 2. The Morgan fingerprint density at radius 1 is 1.43 bits per heavy atom. The third kappa shape index (κ3) is 3.54. The lowest BCUT2D eigenvalue weighted by Crippen LogP contribution is -2.46. The number of rotatable bonds is 5. The number of aliphatic hydroxyl groups is 1. The molecule has 1 aromatic carbocycles. The molecule has 6 heteroatoms. The van der Waals surface area contributed by atoms with Crippen LogP contribution in [0.3, 0.4) is 0 Å². The van der Waals surface area contributed by atoms with Crippen molar-refractivity contribution in [2.75, 3.05) is 20.3 Å². The predicted octanol–water partition coefficient (Wildman–Crippen LogP) is 2.34. The zero-order chi connectivity index (χ0) is 16.2. The van der Waals surface area contributed by atoms with Gasteiger partial charge in [-0.2, -0.15) is 4.98 Å². The van der Waals surface area contributed by atoms with Gasteiger partial charge in [-0.05, 0) is 37.4 Å². The maximum Gasteiger partial charge on any atom is 0.241 e. The molecule has 23 heavy (non-hydrogen) atoms. The Morgan fingerprint density at radius 2 is 2.30 bits per heavy atom. The molecule has 6 nitrogen and oxygen atoms in total. The smallest absolute Gasteiger partial charge is 0.241 e. The fourth-order valence-corrected chi connectivity index (χ4v) is 3.20. The van der Waals surface area contributed by atoms with Crippen LogP contribution in [0.2, 0.25) is 0 Å². The molecule has 2 atom stereocenters. The van der Waals surface area contributed by atoms with Crippen molar-refractivity contribution < 1.29 is 14.4 Å². The Kier molecular flexibility index (Phi) is 4.93. The number of ether oxygens (including phenoxy) is 1. The van der Waals surface area contributed by atoms with Crippen LogP contribution in [0.15, 0.2) is 28.8 Å². The molecule has 1 aliphatic rings. The zero-order valence-electron chi connectivity index (χ0n) is 13.6. The van der Waals surface area contributed by atoms with Crippen LogP contribution in [0.25, 0.3) is 11.4 Å². The van der Waals surface area contributed by atoms with E-state index in [1.165, 1.54) is 0 Å². The first-order valence-corrected chi connectivity index (χ1v) is 8.03. The standard InChI is InChI=1S/C17H23N3O3/c1-12-5-4-8-20(15(12)11-21)10-16-18-17(19-23-16)13-6-3-7-14(9-13)22-2/h3,6-7,9,12,15,21H,4-5,8,10-11H2,1-2H3. The monoisotopic (exact) mass is 317 g/mol. The van der Waals surface area contributed by atoms with Gasteiger partial charge in [0, 0.05) is 11.6 Å². The Hall–Kier alpha value is -1.92. The first-order chi connectivity index (χ1) is 11.2. The quantitative estimate of drug-likeness (QED) is 0.912. The third-order valence-corrected chi connectivity index (χ3v) is 4.55. The largest absolute Gasteiger partial charge is 0.497 e. The minimum Gasteiger partial charge on any atom is -0.497 e. The second kappa shape index (κ2) is 7.10. The van der Waals surface area contributed by atoms with Crippen LogP contribution >= 0.6 is 0 Å². The highest BCUT2D eigenvalue weighted by molar-refractivity contribution is 5.56. The number of piperidine rings is 1. The highest BCUT2D eigenvalue weighted by Crippen LogP contribution is 2.25. The Bertz CT molecular complexity index is 644. The number of hydrogen-bond donors (Lipinski definition) is 1. The summed E-state index contributed by atoms with van der Waals surface area (Å²) < 4.78 is 10.6. The molecule has 1 aromatic heterocycles. The van der Waals surface area contributed by atoms with Crippen LogP contribution in [0.5, 0.6) is 5.75 Å². The number of aliphatic hydroxyl groups excluding tert-OH is 1. The van der Waals surface area contributed by atoms with E-state index in [4.69, 9.17) is 9.26 Å². The minimum atomic E-state index is 0.163. The molecule has 0 saturated carbocycles. The van der Waals surface area contributed by atoms with Crippen molar-refractivity contribution in [1.29, 1.82) is 0 Å². The van der Waals surface area contributed by atoms with E-state index in [0.717, 1.165) is 30.7 Å². The van der Waals surface area contributed by atoms with Crippen molar-refractivity contribution in [1.82, 2.24) is 15.0 Å². The lowest BCUT2D eigenvalue weighted by atomic mass is 9.91. The molecule has 0 radical (unpaired) electrons. The molecule has 0 spiro atoms. The Labute approximate surface area is 136 Å². The highest BCUT2D eigenvalue weighted by atomic mass is 16.5. The fraction of sp³-hybridized carbons (Fsp3) is 0.529. The molecule has 1 aliphatic heterocycles. The van der Waals surface area contributed by atoms with Crippen LogP contribution in [0.4, 0.5) is 0 Å². The average molecular weight is 317 g/mol. The van der Waals surface area contributed by atoms with Gasteiger partial charge in [0.2, 0.25) is 11.7 Å². The van der Waals surface area contributed by atoms with E-state index in [1.807, 2.05) is 24.3 Å². The van der Waals surface area contributed by atoms with E-state index < -0.39 is 0 Å². The highest BCUT2D eigenvalue weighted by Gasteiger charge is 2.29. The number of hydrogen-bond acceptors (Lipinski definition) is 6. The molecule has 2 heterocycles. The van der Waals surface area contributed by atoms with Crippen LogP contribution in [0.1, 0.15) is 25.7 Å². The summed E-state index contributed by atoms with van der Waals surface area (Å²) in [5.74, 6) is 2.38. The van der Waals surface area contributed by atoms with E-state index in [9.17, 15) is 5.11 Å². The van der Waals surface area contributed by atoms with E-state index >= 15 is 0 Å². The lowest BCUT2D eigenvalue weighted by Gasteiger charge is -2.38. The van der Waals surface area contributed by atoms with Crippen LogP contribution in [0, 0.1) is 5.92 Å². The second-order valence-electron chi connectivity index (χ2n) is 6.08. The van der Waals surface area contributed by atoms with Crippen molar-refractivity contribution in [3.8, 4) is 17.1 Å². The van der Waals surface area contributed by atoms with Crippen LogP contribution in [-0.4, -0.2) is 46.5 Å². The molecule has 3 rings (SSSR count). The Morgan fingerprint density at radius 3 is 3.09 bits per heavy atom. The van der Waals surface area contributed by atoms with E-state index in [0.29, 0.717) is 24.2 Å². The minimum absolute atomic E-state index is 0.163. The van der Waals surface area contributed by atoms with Crippen molar-refractivity contribution in [2.24, 2.45) is 5.92 Å². The molecular weight excluding hydrogens is 294 g/mol. The molecule has 0 amide bonds. The van der Waals surface area contributed by atoms with Crippen molar-refractivity contribution in [2.45, 2.75) is 32.4 Å². The van der Waals surface area contributed by atoms with Crippen LogP contribution in [-0.2, 0) is 6.54 Å². The average Bonchev–Trinajstić information content (AvgIpc) is 3.04. The fourth-order valence-electron chi connectivity index (χ4n) is 3.20. The molecule has 1 fully saturated rings. The molecular formula is C17H23N3O3. The Balaban J connectivity index is 1.74. The lowest BCUT2D eigenvalue weighted by molar-refractivity contribution is 0.0400. The topological polar surface area (TPSA) is 71.6 Å². The molecule has 0 bridgehead atoms. The summed E-state index contributed by atoms with van der Waals surface area (Å²) in [6, 6.07) is 7.75. The molecule has 1 saturated heterocycles. The van der Waals surface area contributed by atoms with Gasteiger partial charge >= 0.3 is 0 Å². The van der Waals surface area contributed by atoms with Gasteiger partial charge in [-0.15, -0.1) is 0 Å². The van der Waals surface area contributed by atoms with Gasteiger partial charge in [0.05, 0.1) is 20.3 Å². The van der Waals surface area contributed by atoms with Gasteiger partial charge in [0.15, 0.2) is 0 Å². The number of benzene rings is 1. The summed E-state index contributed by atoms with van der Waals surface area (Å²) in [6.45, 7) is 3.87. The summed E-state index contributed by atoms with van der Waals surface area (Å²) in [6.07, 6.45) is 2.29. The third-order valence-electron chi connectivity index (χ3n) is 4.55. The van der Waals surface area contributed by atoms with Gasteiger partial charge < -0.3 is 14.4 Å². The second-order valence-corrected chi connectivity index (χ2v) is 6.08. The van der Waals surface area contributed by atoms with Gasteiger partial charge in [-0.25, -0.2) is 0 Å². The molecule has 2 unspecified atom stereocenters. The van der Waals surface area contributed by atoms with Gasteiger partial charge in [0.1, 0.15) is 5.75 Å². The zero-order valence-corrected chi connectivity index (χ0v) is 13.6. The summed E-state index contributed by atoms with van der Waals surface area (Å²) in [5.41, 5.74) is 0.866. The molecule has 0 aliphatic carbocycles.